The van der Waals surface area contributed by atoms with Crippen molar-refractivity contribution in [3.8, 4) is 0 Å². The first kappa shape index (κ1) is 19.2. The van der Waals surface area contributed by atoms with Gasteiger partial charge >= 0.3 is 0 Å². The Morgan fingerprint density at radius 1 is 1.38 bits per heavy atom. The molecule has 7 nitrogen and oxygen atoms in total. The molecule has 29 heavy (non-hydrogen) atoms. The molecule has 0 bridgehead atoms. The number of alkyl halides is 2. The Morgan fingerprint density at radius 3 is 2.79 bits per heavy atom. The van der Waals surface area contributed by atoms with E-state index < -0.39 is 12.0 Å². The summed E-state index contributed by atoms with van der Waals surface area (Å²) in [6, 6.07) is 6.46. The maximum Gasteiger partial charge on any atom is 0.270 e. The van der Waals surface area contributed by atoms with Crippen LogP contribution in [0.1, 0.15) is 53.6 Å². The first-order valence-electron chi connectivity index (χ1n) is 9.53. The van der Waals surface area contributed by atoms with Gasteiger partial charge in [0.15, 0.2) is 0 Å². The van der Waals surface area contributed by atoms with E-state index in [4.69, 9.17) is 5.41 Å². The summed E-state index contributed by atoms with van der Waals surface area (Å²) in [4.78, 5) is 20.6. The lowest BCUT2D eigenvalue weighted by Gasteiger charge is -2.33. The van der Waals surface area contributed by atoms with E-state index in [-0.39, 0.29) is 24.7 Å². The van der Waals surface area contributed by atoms with E-state index in [9.17, 15) is 13.6 Å². The van der Waals surface area contributed by atoms with Crippen LogP contribution in [0, 0.1) is 11.3 Å². The van der Waals surface area contributed by atoms with Crippen molar-refractivity contribution in [3.05, 3.63) is 47.5 Å². The van der Waals surface area contributed by atoms with Gasteiger partial charge in [-0.05, 0) is 42.5 Å². The summed E-state index contributed by atoms with van der Waals surface area (Å²) in [6.07, 6.45) is 2.97. The predicted octanol–water partition coefficient (Wildman–Crippen LogP) is 3.59. The number of H-pyrrole nitrogens is 1. The molecule has 0 spiro atoms. The molecule has 0 aliphatic heterocycles. The van der Waals surface area contributed by atoms with Crippen molar-refractivity contribution in [3.63, 3.8) is 0 Å². The summed E-state index contributed by atoms with van der Waals surface area (Å²) in [5.74, 6) is -2.60. The molecule has 0 saturated heterocycles. The lowest BCUT2D eigenvalue weighted by atomic mass is 9.81. The fourth-order valence-electron chi connectivity index (χ4n) is 3.90. The van der Waals surface area contributed by atoms with Gasteiger partial charge in [0, 0.05) is 32.3 Å². The molecule has 2 aromatic heterocycles. The summed E-state index contributed by atoms with van der Waals surface area (Å²) in [7, 11) is 1.67. The molecule has 1 aliphatic rings. The number of imidazole rings is 1. The van der Waals surface area contributed by atoms with Crippen molar-refractivity contribution >= 4 is 23.2 Å². The first-order valence-corrected chi connectivity index (χ1v) is 9.53. The van der Waals surface area contributed by atoms with E-state index in [2.05, 4.69) is 20.4 Å². The molecule has 152 valence electrons. The van der Waals surface area contributed by atoms with Crippen LogP contribution in [0.15, 0.2) is 30.5 Å². The number of benzene rings is 1. The molecule has 0 unspecified atom stereocenters. The minimum absolute atomic E-state index is 0.158. The maximum atomic E-state index is 13.7. The molecular formula is C20H22F2N6O. The van der Waals surface area contributed by atoms with Crippen LogP contribution in [0.25, 0.3) is 11.0 Å². The van der Waals surface area contributed by atoms with Crippen LogP contribution in [-0.4, -0.2) is 37.8 Å². The van der Waals surface area contributed by atoms with Crippen LogP contribution in [0.5, 0.6) is 0 Å². The average molecular weight is 400 g/mol. The van der Waals surface area contributed by atoms with Crippen LogP contribution in [0.4, 0.5) is 8.78 Å². The van der Waals surface area contributed by atoms with E-state index in [1.807, 2.05) is 0 Å². The van der Waals surface area contributed by atoms with Crippen LogP contribution in [-0.2, 0) is 7.05 Å². The molecule has 1 atom stereocenters. The minimum Gasteiger partial charge on any atom is -0.340 e. The number of carbonyl (C=O) groups excluding carboxylic acids is 1. The van der Waals surface area contributed by atoms with E-state index in [0.717, 1.165) is 11.1 Å². The number of aromatic amines is 1. The average Bonchev–Trinajstić information content (AvgIpc) is 3.31. The summed E-state index contributed by atoms with van der Waals surface area (Å²) in [6.45, 7) is 0. The quantitative estimate of drug-likeness (QED) is 0.571. The second-order valence-electron chi connectivity index (χ2n) is 7.53. The number of carbonyl (C=O) groups is 1. The number of nitrogens with zero attached hydrogens (tertiary/aromatic N) is 3. The molecule has 1 amide bonds. The van der Waals surface area contributed by atoms with Gasteiger partial charge in [0.2, 0.25) is 5.92 Å². The van der Waals surface area contributed by atoms with Crippen LogP contribution >= 0.6 is 0 Å². The van der Waals surface area contributed by atoms with Crippen LogP contribution in [0.3, 0.4) is 0 Å². The molecular weight excluding hydrogens is 378 g/mol. The Morgan fingerprint density at radius 2 is 2.14 bits per heavy atom. The van der Waals surface area contributed by atoms with E-state index in [0.29, 0.717) is 29.9 Å². The Bertz CT molecular complexity index is 1050. The van der Waals surface area contributed by atoms with Crippen molar-refractivity contribution in [1.29, 1.82) is 5.41 Å². The second kappa shape index (κ2) is 7.38. The Kier molecular flexibility index (Phi) is 4.89. The number of aryl methyl sites for hydroxylation is 1. The van der Waals surface area contributed by atoms with E-state index in [1.54, 1.807) is 31.3 Å². The summed E-state index contributed by atoms with van der Waals surface area (Å²) in [5.41, 5.74) is 2.55. The molecule has 1 aromatic carbocycles. The summed E-state index contributed by atoms with van der Waals surface area (Å²) >= 11 is 0. The third-order valence-corrected chi connectivity index (χ3v) is 5.56. The number of fused-ring (bicyclic) bond motifs is 1. The highest BCUT2D eigenvalue weighted by Crippen LogP contribution is 2.41. The number of halogens is 2. The Labute approximate surface area is 166 Å². The standard InChI is InChI=1S/C20H22F2N6O/c1-28-16(6-9-24-28)19(29)27-17(13-4-7-20(21,22)8-5-13)18-25-14-3-2-12(11-23)10-15(14)26-18/h2-3,6,9-11,13,17,23H,4-5,7-8H2,1H3,(H,25,26)(H,27,29)/t17-/m0/s1. The number of amides is 1. The van der Waals surface area contributed by atoms with E-state index in [1.165, 1.54) is 17.1 Å². The third kappa shape index (κ3) is 3.90. The van der Waals surface area contributed by atoms with Crippen molar-refractivity contribution in [2.75, 3.05) is 0 Å². The third-order valence-electron chi connectivity index (χ3n) is 5.56. The zero-order valence-electron chi connectivity index (χ0n) is 16.0. The maximum absolute atomic E-state index is 13.7. The Hall–Kier alpha value is -3.10. The van der Waals surface area contributed by atoms with Gasteiger partial charge in [0.1, 0.15) is 11.5 Å². The van der Waals surface area contributed by atoms with E-state index >= 15 is 0 Å². The van der Waals surface area contributed by atoms with Crippen molar-refractivity contribution < 1.29 is 13.6 Å². The largest absolute Gasteiger partial charge is 0.340 e. The topological polar surface area (TPSA) is 99.4 Å². The van der Waals surface area contributed by atoms with Gasteiger partial charge in [0.05, 0.1) is 17.1 Å². The molecule has 1 aliphatic carbocycles. The van der Waals surface area contributed by atoms with Crippen molar-refractivity contribution in [2.24, 2.45) is 13.0 Å². The summed E-state index contributed by atoms with van der Waals surface area (Å²) < 4.78 is 28.8. The highest BCUT2D eigenvalue weighted by molar-refractivity contribution is 5.92. The lowest BCUT2D eigenvalue weighted by molar-refractivity contribution is -0.0496. The number of aromatic nitrogens is 4. The monoisotopic (exact) mass is 400 g/mol. The molecule has 1 saturated carbocycles. The van der Waals surface area contributed by atoms with Gasteiger partial charge in [-0.25, -0.2) is 13.8 Å². The number of hydrogen-bond acceptors (Lipinski definition) is 4. The minimum atomic E-state index is -2.65. The summed E-state index contributed by atoms with van der Waals surface area (Å²) in [5, 5.41) is 14.4. The number of rotatable bonds is 5. The van der Waals surface area contributed by atoms with Crippen molar-refractivity contribution in [2.45, 2.75) is 37.6 Å². The molecule has 4 rings (SSSR count). The van der Waals surface area contributed by atoms with Gasteiger partial charge in [-0.1, -0.05) is 6.07 Å². The number of nitrogens with one attached hydrogen (secondary N) is 3. The fraction of sp³-hybridized carbons (Fsp3) is 0.400. The first-order chi connectivity index (χ1) is 13.9. The van der Waals surface area contributed by atoms with Crippen LogP contribution < -0.4 is 5.32 Å². The highest BCUT2D eigenvalue weighted by Gasteiger charge is 2.39. The molecule has 1 fully saturated rings. The van der Waals surface area contributed by atoms with Gasteiger partial charge in [-0.3, -0.25) is 9.48 Å². The SMILES string of the molecule is Cn1nccc1C(=O)N[C@H](c1nc2ccc(C=N)cc2[nH]1)C1CCC(F)(F)CC1. The number of hydrogen-bond donors (Lipinski definition) is 3. The Balaban J connectivity index is 1.67. The van der Waals surface area contributed by atoms with Gasteiger partial charge in [-0.15, -0.1) is 0 Å². The molecule has 3 aromatic rings. The zero-order valence-corrected chi connectivity index (χ0v) is 16.0. The molecule has 9 heteroatoms. The predicted molar refractivity (Wildman–Crippen MR) is 104 cm³/mol. The normalized spacial score (nSPS) is 17.9. The fourth-order valence-corrected chi connectivity index (χ4v) is 3.90. The van der Waals surface area contributed by atoms with Crippen LogP contribution in [0.2, 0.25) is 0 Å². The van der Waals surface area contributed by atoms with Crippen molar-refractivity contribution in [1.82, 2.24) is 25.1 Å². The highest BCUT2D eigenvalue weighted by atomic mass is 19.3. The molecule has 2 heterocycles. The van der Waals surface area contributed by atoms with Gasteiger partial charge < -0.3 is 15.7 Å². The lowest BCUT2D eigenvalue weighted by Crippen LogP contribution is -2.38. The smallest absolute Gasteiger partial charge is 0.270 e. The zero-order chi connectivity index (χ0) is 20.6. The van der Waals surface area contributed by atoms with Gasteiger partial charge in [0.25, 0.3) is 5.91 Å². The van der Waals surface area contributed by atoms with Gasteiger partial charge in [-0.2, -0.15) is 5.10 Å². The molecule has 0 radical (unpaired) electrons. The molecule has 3 N–H and O–H groups in total. The second-order valence-corrected chi connectivity index (χ2v) is 7.53.